The molecule has 0 aromatic carbocycles. The van der Waals surface area contributed by atoms with Gasteiger partial charge in [0.25, 0.3) is 0 Å². The van der Waals surface area contributed by atoms with Crippen molar-refractivity contribution in [2.45, 2.75) is 39.7 Å². The van der Waals surface area contributed by atoms with Crippen molar-refractivity contribution in [2.24, 2.45) is 0 Å². The molecule has 0 radical (unpaired) electrons. The number of hydrogen-bond donors (Lipinski definition) is 1. The number of aryl methyl sites for hydroxylation is 1. The molecular formula is C15H26N2O2. The number of hydrogen-bond acceptors (Lipinski definition) is 4. The highest BCUT2D eigenvalue weighted by Gasteiger charge is 2.11. The Hall–Kier alpha value is -1.13. The van der Waals surface area contributed by atoms with Gasteiger partial charge in [0, 0.05) is 30.5 Å². The third kappa shape index (κ3) is 4.80. The molecule has 19 heavy (non-hydrogen) atoms. The summed E-state index contributed by atoms with van der Waals surface area (Å²) in [4.78, 5) is 6.77. The Morgan fingerprint density at radius 3 is 2.63 bits per heavy atom. The van der Waals surface area contributed by atoms with Gasteiger partial charge in [0.15, 0.2) is 0 Å². The number of aromatic nitrogens is 1. The van der Waals surface area contributed by atoms with E-state index < -0.39 is 0 Å². The summed E-state index contributed by atoms with van der Waals surface area (Å²) < 4.78 is 5.42. The van der Waals surface area contributed by atoms with Gasteiger partial charge >= 0.3 is 0 Å². The second-order valence-corrected chi connectivity index (χ2v) is 5.07. The molecule has 0 aliphatic carbocycles. The molecule has 0 aliphatic rings. The Morgan fingerprint density at radius 2 is 2.00 bits per heavy atom. The molecule has 1 rings (SSSR count). The minimum atomic E-state index is 0.291. The maximum absolute atomic E-state index is 8.75. The van der Waals surface area contributed by atoms with Gasteiger partial charge in [-0.25, -0.2) is 0 Å². The Kier molecular flexibility index (Phi) is 6.81. The second kappa shape index (κ2) is 8.12. The van der Waals surface area contributed by atoms with Crippen LogP contribution in [0, 0.1) is 13.8 Å². The topological polar surface area (TPSA) is 45.6 Å². The van der Waals surface area contributed by atoms with Gasteiger partial charge in [-0.05, 0) is 46.7 Å². The number of aliphatic hydroxyl groups excluding tert-OH is 1. The Balaban J connectivity index is 2.57. The van der Waals surface area contributed by atoms with Crippen LogP contribution in [0.15, 0.2) is 6.20 Å². The molecular weight excluding hydrogens is 240 g/mol. The van der Waals surface area contributed by atoms with Crippen molar-refractivity contribution in [3.8, 4) is 5.75 Å². The molecule has 0 unspecified atom stereocenters. The van der Waals surface area contributed by atoms with Gasteiger partial charge in [-0.15, -0.1) is 0 Å². The Bertz CT molecular complexity index is 394. The summed E-state index contributed by atoms with van der Waals surface area (Å²) in [5, 5.41) is 8.75. The van der Waals surface area contributed by atoms with Crippen LogP contribution in [0.4, 0.5) is 0 Å². The van der Waals surface area contributed by atoms with E-state index in [1.165, 1.54) is 0 Å². The van der Waals surface area contributed by atoms with Crippen molar-refractivity contribution in [3.05, 3.63) is 23.0 Å². The van der Waals surface area contributed by atoms with Crippen LogP contribution in [0.1, 0.15) is 36.1 Å². The van der Waals surface area contributed by atoms with Crippen molar-refractivity contribution in [2.75, 3.05) is 27.3 Å². The highest BCUT2D eigenvalue weighted by molar-refractivity contribution is 5.40. The normalized spacial score (nSPS) is 11.1. The van der Waals surface area contributed by atoms with E-state index in [4.69, 9.17) is 9.84 Å². The van der Waals surface area contributed by atoms with Crippen LogP contribution in [-0.2, 0) is 6.54 Å². The summed E-state index contributed by atoms with van der Waals surface area (Å²) >= 11 is 0. The van der Waals surface area contributed by atoms with Gasteiger partial charge < -0.3 is 14.7 Å². The van der Waals surface area contributed by atoms with E-state index in [2.05, 4.69) is 23.9 Å². The number of pyridine rings is 1. The Labute approximate surface area is 116 Å². The number of nitrogens with zero attached hydrogens (tertiary/aromatic N) is 2. The summed E-state index contributed by atoms with van der Waals surface area (Å²) in [6.45, 7) is 6.23. The van der Waals surface area contributed by atoms with Crippen LogP contribution < -0.4 is 4.74 Å². The van der Waals surface area contributed by atoms with E-state index in [-0.39, 0.29) is 0 Å². The molecule has 0 spiro atoms. The molecule has 0 saturated carbocycles. The van der Waals surface area contributed by atoms with Gasteiger partial charge in [0.2, 0.25) is 0 Å². The van der Waals surface area contributed by atoms with Gasteiger partial charge in [0.1, 0.15) is 5.75 Å². The number of methoxy groups -OCH3 is 1. The maximum Gasteiger partial charge on any atom is 0.128 e. The molecule has 0 amide bonds. The molecule has 4 nitrogen and oxygen atoms in total. The SMILES string of the molecule is COc1c(C)cnc(CN(C)CCCCCO)c1C. The summed E-state index contributed by atoms with van der Waals surface area (Å²) in [6, 6.07) is 0. The first kappa shape index (κ1) is 15.9. The summed E-state index contributed by atoms with van der Waals surface area (Å²) in [7, 11) is 3.81. The van der Waals surface area contributed by atoms with Crippen LogP contribution >= 0.6 is 0 Å². The Morgan fingerprint density at radius 1 is 1.26 bits per heavy atom. The third-order valence-corrected chi connectivity index (χ3v) is 3.37. The number of ether oxygens (including phenoxy) is 1. The highest BCUT2D eigenvalue weighted by Crippen LogP contribution is 2.24. The van der Waals surface area contributed by atoms with E-state index in [9.17, 15) is 0 Å². The first-order chi connectivity index (χ1) is 9.10. The zero-order chi connectivity index (χ0) is 14.3. The van der Waals surface area contributed by atoms with Crippen molar-refractivity contribution < 1.29 is 9.84 Å². The van der Waals surface area contributed by atoms with E-state index >= 15 is 0 Å². The average Bonchev–Trinajstić information content (AvgIpc) is 2.39. The lowest BCUT2D eigenvalue weighted by molar-refractivity contribution is 0.270. The summed E-state index contributed by atoms with van der Waals surface area (Å²) in [5.41, 5.74) is 3.28. The lowest BCUT2D eigenvalue weighted by Crippen LogP contribution is -2.20. The average molecular weight is 266 g/mol. The predicted octanol–water partition coefficient (Wildman–Crippen LogP) is 2.30. The second-order valence-electron chi connectivity index (χ2n) is 5.07. The molecule has 0 fully saturated rings. The van der Waals surface area contributed by atoms with E-state index in [1.807, 2.05) is 13.1 Å². The lowest BCUT2D eigenvalue weighted by Gasteiger charge is -2.19. The van der Waals surface area contributed by atoms with Crippen LogP contribution in [0.2, 0.25) is 0 Å². The van der Waals surface area contributed by atoms with Crippen molar-refractivity contribution in [1.82, 2.24) is 9.88 Å². The minimum Gasteiger partial charge on any atom is -0.496 e. The molecule has 0 aliphatic heterocycles. The minimum absolute atomic E-state index is 0.291. The van der Waals surface area contributed by atoms with E-state index in [0.29, 0.717) is 6.61 Å². The standard InChI is InChI=1S/C15H26N2O2/c1-12-10-16-14(13(2)15(12)19-4)11-17(3)8-6-5-7-9-18/h10,18H,5-9,11H2,1-4H3. The quantitative estimate of drug-likeness (QED) is 0.733. The van der Waals surface area contributed by atoms with E-state index in [0.717, 1.165) is 54.9 Å². The molecule has 0 atom stereocenters. The zero-order valence-corrected chi connectivity index (χ0v) is 12.6. The monoisotopic (exact) mass is 266 g/mol. The van der Waals surface area contributed by atoms with Crippen LogP contribution in [0.5, 0.6) is 5.75 Å². The highest BCUT2D eigenvalue weighted by atomic mass is 16.5. The number of rotatable bonds is 8. The molecule has 108 valence electrons. The summed E-state index contributed by atoms with van der Waals surface area (Å²) in [5.74, 6) is 0.943. The maximum atomic E-state index is 8.75. The first-order valence-corrected chi connectivity index (χ1v) is 6.88. The van der Waals surface area contributed by atoms with E-state index in [1.54, 1.807) is 7.11 Å². The van der Waals surface area contributed by atoms with Crippen molar-refractivity contribution in [1.29, 1.82) is 0 Å². The van der Waals surface area contributed by atoms with Gasteiger partial charge in [0.05, 0.1) is 12.8 Å². The van der Waals surface area contributed by atoms with Gasteiger partial charge in [-0.3, -0.25) is 4.98 Å². The molecule has 1 N–H and O–H groups in total. The fourth-order valence-corrected chi connectivity index (χ4v) is 2.24. The lowest BCUT2D eigenvalue weighted by atomic mass is 10.1. The fourth-order valence-electron chi connectivity index (χ4n) is 2.24. The molecule has 1 heterocycles. The number of unbranched alkanes of at least 4 members (excludes halogenated alkanes) is 2. The zero-order valence-electron chi connectivity index (χ0n) is 12.6. The molecule has 0 bridgehead atoms. The van der Waals surface area contributed by atoms with Crippen molar-refractivity contribution in [3.63, 3.8) is 0 Å². The number of aliphatic hydroxyl groups is 1. The molecule has 0 saturated heterocycles. The fraction of sp³-hybridized carbons (Fsp3) is 0.667. The molecule has 1 aromatic rings. The van der Waals surface area contributed by atoms with Crippen LogP contribution in [0.25, 0.3) is 0 Å². The van der Waals surface area contributed by atoms with Crippen LogP contribution in [0.3, 0.4) is 0 Å². The van der Waals surface area contributed by atoms with Gasteiger partial charge in [-0.2, -0.15) is 0 Å². The van der Waals surface area contributed by atoms with Crippen LogP contribution in [-0.4, -0.2) is 42.3 Å². The largest absolute Gasteiger partial charge is 0.496 e. The smallest absolute Gasteiger partial charge is 0.128 e. The van der Waals surface area contributed by atoms with Crippen molar-refractivity contribution >= 4 is 0 Å². The first-order valence-electron chi connectivity index (χ1n) is 6.88. The van der Waals surface area contributed by atoms with Gasteiger partial charge in [-0.1, -0.05) is 0 Å². The third-order valence-electron chi connectivity index (χ3n) is 3.37. The molecule has 1 aromatic heterocycles. The predicted molar refractivity (Wildman–Crippen MR) is 77.5 cm³/mol. The molecule has 4 heteroatoms. The summed E-state index contributed by atoms with van der Waals surface area (Å²) in [6.07, 6.45) is 4.95.